The zero-order valence-corrected chi connectivity index (χ0v) is 12.8. The van der Waals surface area contributed by atoms with Crippen LogP contribution in [0.15, 0.2) is 28.9 Å². The summed E-state index contributed by atoms with van der Waals surface area (Å²) in [6.07, 6.45) is 1.87. The predicted octanol–water partition coefficient (Wildman–Crippen LogP) is 4.29. The Kier molecular flexibility index (Phi) is 2.97. The number of ether oxygens (including phenoxy) is 1. The van der Waals surface area contributed by atoms with E-state index in [1.165, 1.54) is 21.8 Å². The van der Waals surface area contributed by atoms with Gasteiger partial charge in [0.05, 0.1) is 28.3 Å². The molecule has 0 amide bonds. The SMILES string of the molecule is CCn1c2cc(OC)c(Br)cc2c2ccnc(C)c21. The largest absolute Gasteiger partial charge is 0.495 e. The van der Waals surface area contributed by atoms with E-state index in [9.17, 15) is 0 Å². The molecule has 0 aliphatic rings. The van der Waals surface area contributed by atoms with Gasteiger partial charge >= 0.3 is 0 Å². The normalized spacial score (nSPS) is 11.4. The molecule has 0 saturated heterocycles. The molecule has 98 valence electrons. The number of benzene rings is 1. The molecular formula is C15H15BrN2O. The Morgan fingerprint density at radius 1 is 1.32 bits per heavy atom. The molecule has 0 N–H and O–H groups in total. The summed E-state index contributed by atoms with van der Waals surface area (Å²) >= 11 is 3.56. The van der Waals surface area contributed by atoms with Crippen LogP contribution in [-0.2, 0) is 6.54 Å². The number of rotatable bonds is 2. The van der Waals surface area contributed by atoms with Crippen LogP contribution in [0.3, 0.4) is 0 Å². The number of methoxy groups -OCH3 is 1. The van der Waals surface area contributed by atoms with Gasteiger partial charge in [0, 0.05) is 29.6 Å². The van der Waals surface area contributed by atoms with Crippen molar-refractivity contribution in [1.82, 2.24) is 9.55 Å². The van der Waals surface area contributed by atoms with E-state index in [4.69, 9.17) is 4.74 Å². The summed E-state index contributed by atoms with van der Waals surface area (Å²) in [6, 6.07) is 6.29. The Labute approximate surface area is 120 Å². The molecule has 0 aliphatic heterocycles. The Balaban J connectivity index is 2.55. The summed E-state index contributed by atoms with van der Waals surface area (Å²) in [6.45, 7) is 5.12. The van der Waals surface area contributed by atoms with Gasteiger partial charge in [0.25, 0.3) is 0 Å². The van der Waals surface area contributed by atoms with Crippen LogP contribution in [0.4, 0.5) is 0 Å². The Morgan fingerprint density at radius 3 is 2.79 bits per heavy atom. The fourth-order valence-corrected chi connectivity index (χ4v) is 3.21. The highest BCUT2D eigenvalue weighted by molar-refractivity contribution is 9.10. The van der Waals surface area contributed by atoms with Gasteiger partial charge in [0.15, 0.2) is 0 Å². The molecule has 4 heteroatoms. The Bertz CT molecular complexity index is 777. The predicted molar refractivity (Wildman–Crippen MR) is 81.9 cm³/mol. The monoisotopic (exact) mass is 318 g/mol. The number of hydrogen-bond donors (Lipinski definition) is 0. The lowest BCUT2D eigenvalue weighted by Gasteiger charge is -2.07. The molecule has 0 unspecified atom stereocenters. The number of aryl methyl sites for hydroxylation is 2. The van der Waals surface area contributed by atoms with E-state index in [2.05, 4.69) is 57.5 Å². The minimum atomic E-state index is 0.857. The van der Waals surface area contributed by atoms with Crippen LogP contribution in [0.1, 0.15) is 12.6 Å². The third-order valence-electron chi connectivity index (χ3n) is 3.54. The van der Waals surface area contributed by atoms with E-state index < -0.39 is 0 Å². The van der Waals surface area contributed by atoms with Crippen molar-refractivity contribution in [2.75, 3.05) is 7.11 Å². The van der Waals surface area contributed by atoms with Gasteiger partial charge in [-0.25, -0.2) is 0 Å². The van der Waals surface area contributed by atoms with E-state index in [1.807, 2.05) is 6.20 Å². The fraction of sp³-hybridized carbons (Fsp3) is 0.267. The maximum atomic E-state index is 5.40. The summed E-state index contributed by atoms with van der Waals surface area (Å²) in [7, 11) is 1.69. The second-order valence-electron chi connectivity index (χ2n) is 4.54. The number of nitrogens with zero attached hydrogens (tertiary/aromatic N) is 2. The Hall–Kier alpha value is -1.55. The van der Waals surface area contributed by atoms with Crippen molar-refractivity contribution in [2.45, 2.75) is 20.4 Å². The van der Waals surface area contributed by atoms with Crippen LogP contribution in [0.25, 0.3) is 21.8 Å². The lowest BCUT2D eigenvalue weighted by molar-refractivity contribution is 0.412. The molecule has 2 heterocycles. The molecule has 0 bridgehead atoms. The second kappa shape index (κ2) is 4.53. The molecule has 0 aliphatic carbocycles. The molecule has 0 radical (unpaired) electrons. The second-order valence-corrected chi connectivity index (χ2v) is 5.40. The lowest BCUT2D eigenvalue weighted by Crippen LogP contribution is -1.96. The van der Waals surface area contributed by atoms with E-state index in [0.29, 0.717) is 0 Å². The maximum Gasteiger partial charge on any atom is 0.135 e. The van der Waals surface area contributed by atoms with Crippen molar-refractivity contribution in [2.24, 2.45) is 0 Å². The molecule has 3 aromatic rings. The molecule has 3 nitrogen and oxygen atoms in total. The van der Waals surface area contributed by atoms with Crippen molar-refractivity contribution < 1.29 is 4.74 Å². The number of aromatic nitrogens is 2. The lowest BCUT2D eigenvalue weighted by atomic mass is 10.1. The van der Waals surface area contributed by atoms with Crippen molar-refractivity contribution in [3.8, 4) is 5.75 Å². The highest BCUT2D eigenvalue weighted by atomic mass is 79.9. The van der Waals surface area contributed by atoms with Crippen LogP contribution in [-0.4, -0.2) is 16.7 Å². The zero-order chi connectivity index (χ0) is 13.6. The topological polar surface area (TPSA) is 27.1 Å². The highest BCUT2D eigenvalue weighted by Crippen LogP contribution is 2.36. The average molecular weight is 319 g/mol. The third-order valence-corrected chi connectivity index (χ3v) is 4.16. The zero-order valence-electron chi connectivity index (χ0n) is 11.2. The molecule has 2 aromatic heterocycles. The van der Waals surface area contributed by atoms with Crippen LogP contribution in [0.5, 0.6) is 5.75 Å². The molecule has 19 heavy (non-hydrogen) atoms. The first-order valence-electron chi connectivity index (χ1n) is 6.28. The highest BCUT2D eigenvalue weighted by Gasteiger charge is 2.14. The molecule has 0 atom stereocenters. The average Bonchev–Trinajstić information content (AvgIpc) is 2.72. The van der Waals surface area contributed by atoms with E-state index in [-0.39, 0.29) is 0 Å². The fourth-order valence-electron chi connectivity index (χ4n) is 2.70. The molecule has 1 aromatic carbocycles. The van der Waals surface area contributed by atoms with Gasteiger partial charge in [0.2, 0.25) is 0 Å². The smallest absolute Gasteiger partial charge is 0.135 e. The quantitative estimate of drug-likeness (QED) is 0.704. The molecule has 0 saturated carbocycles. The van der Waals surface area contributed by atoms with Crippen molar-refractivity contribution in [3.05, 3.63) is 34.6 Å². The summed E-state index contributed by atoms with van der Waals surface area (Å²) in [5.41, 5.74) is 3.46. The molecule has 0 spiro atoms. The van der Waals surface area contributed by atoms with Gasteiger partial charge in [-0.15, -0.1) is 0 Å². The van der Waals surface area contributed by atoms with Crippen LogP contribution >= 0.6 is 15.9 Å². The van der Waals surface area contributed by atoms with Gasteiger partial charge < -0.3 is 9.30 Å². The maximum absolute atomic E-state index is 5.40. The van der Waals surface area contributed by atoms with E-state index in [0.717, 1.165) is 22.5 Å². The standard InChI is InChI=1S/C15H15BrN2O/c1-4-18-13-8-14(19-3)12(16)7-11(13)10-5-6-17-9(2)15(10)18/h5-8H,4H2,1-3H3. The molecule has 0 fully saturated rings. The van der Waals surface area contributed by atoms with Gasteiger partial charge in [-0.2, -0.15) is 0 Å². The van der Waals surface area contributed by atoms with Gasteiger partial charge in [-0.3, -0.25) is 4.98 Å². The first kappa shape index (κ1) is 12.5. The Morgan fingerprint density at radius 2 is 2.11 bits per heavy atom. The minimum absolute atomic E-state index is 0.857. The molecular weight excluding hydrogens is 304 g/mol. The third kappa shape index (κ3) is 1.74. The van der Waals surface area contributed by atoms with Gasteiger partial charge in [0.1, 0.15) is 5.75 Å². The number of hydrogen-bond acceptors (Lipinski definition) is 2. The van der Waals surface area contributed by atoms with Crippen molar-refractivity contribution >= 4 is 37.7 Å². The van der Waals surface area contributed by atoms with Crippen LogP contribution in [0, 0.1) is 6.92 Å². The summed E-state index contributed by atoms with van der Waals surface area (Å²) in [5.74, 6) is 0.857. The van der Waals surface area contributed by atoms with Crippen molar-refractivity contribution in [3.63, 3.8) is 0 Å². The van der Waals surface area contributed by atoms with Gasteiger partial charge in [-0.1, -0.05) is 0 Å². The van der Waals surface area contributed by atoms with E-state index >= 15 is 0 Å². The number of pyridine rings is 1. The van der Waals surface area contributed by atoms with Crippen LogP contribution < -0.4 is 4.74 Å². The summed E-state index contributed by atoms with van der Waals surface area (Å²) < 4.78 is 8.68. The summed E-state index contributed by atoms with van der Waals surface area (Å²) in [4.78, 5) is 4.41. The molecule has 3 rings (SSSR count). The first-order valence-corrected chi connectivity index (χ1v) is 7.07. The van der Waals surface area contributed by atoms with Gasteiger partial charge in [-0.05, 0) is 41.9 Å². The summed E-state index contributed by atoms with van der Waals surface area (Å²) in [5, 5.41) is 2.47. The minimum Gasteiger partial charge on any atom is -0.495 e. The van der Waals surface area contributed by atoms with E-state index in [1.54, 1.807) is 7.11 Å². The van der Waals surface area contributed by atoms with Crippen LogP contribution in [0.2, 0.25) is 0 Å². The van der Waals surface area contributed by atoms with Crippen molar-refractivity contribution in [1.29, 1.82) is 0 Å². The number of fused-ring (bicyclic) bond motifs is 3. The number of halogens is 1. The first-order chi connectivity index (χ1) is 9.17.